The Kier molecular flexibility index (Phi) is 4.11. The van der Waals surface area contributed by atoms with Gasteiger partial charge in [-0.25, -0.2) is 0 Å². The predicted octanol–water partition coefficient (Wildman–Crippen LogP) is 4.41. The Hall–Kier alpha value is -0.530. The van der Waals surface area contributed by atoms with Gasteiger partial charge in [-0.2, -0.15) is 0 Å². The van der Waals surface area contributed by atoms with Gasteiger partial charge >= 0.3 is 0 Å². The minimum Gasteiger partial charge on any atom is -0.313 e. The number of hydrogen-bond donors (Lipinski definition) is 1. The molecule has 0 saturated heterocycles. The molecule has 1 aliphatic carbocycles. The van der Waals surface area contributed by atoms with Crippen molar-refractivity contribution in [2.24, 2.45) is 5.92 Å². The molecule has 1 unspecified atom stereocenters. The highest BCUT2D eigenvalue weighted by molar-refractivity contribution is 6.31. The minimum atomic E-state index is 0.421. The van der Waals surface area contributed by atoms with E-state index >= 15 is 0 Å². The van der Waals surface area contributed by atoms with Crippen LogP contribution in [0.2, 0.25) is 5.02 Å². The Labute approximate surface area is 110 Å². The van der Waals surface area contributed by atoms with Crippen molar-refractivity contribution in [1.29, 1.82) is 0 Å². The van der Waals surface area contributed by atoms with E-state index in [-0.39, 0.29) is 0 Å². The van der Waals surface area contributed by atoms with Crippen molar-refractivity contribution in [3.05, 3.63) is 33.8 Å². The van der Waals surface area contributed by atoms with Crippen molar-refractivity contribution < 1.29 is 0 Å². The SMILES string of the molecule is CNC(c1cc(C)c(C)cc1Cl)C1CCCC1. The van der Waals surface area contributed by atoms with Crippen LogP contribution in [0.25, 0.3) is 0 Å². The maximum absolute atomic E-state index is 6.41. The minimum absolute atomic E-state index is 0.421. The van der Waals surface area contributed by atoms with E-state index in [1.807, 2.05) is 0 Å². The van der Waals surface area contributed by atoms with Crippen LogP contribution in [-0.2, 0) is 0 Å². The van der Waals surface area contributed by atoms with Crippen molar-refractivity contribution >= 4 is 11.6 Å². The van der Waals surface area contributed by atoms with E-state index in [2.05, 4.69) is 38.3 Å². The topological polar surface area (TPSA) is 12.0 Å². The summed E-state index contributed by atoms with van der Waals surface area (Å²) in [6.45, 7) is 4.28. The van der Waals surface area contributed by atoms with Gasteiger partial charge in [0.05, 0.1) is 0 Å². The van der Waals surface area contributed by atoms with Crippen molar-refractivity contribution in [1.82, 2.24) is 5.32 Å². The highest BCUT2D eigenvalue weighted by Crippen LogP contribution is 2.38. The molecule has 1 fully saturated rings. The van der Waals surface area contributed by atoms with Gasteiger partial charge in [-0.1, -0.05) is 30.5 Å². The van der Waals surface area contributed by atoms with Gasteiger partial charge in [0, 0.05) is 11.1 Å². The lowest BCUT2D eigenvalue weighted by atomic mass is 9.90. The third-order valence-electron chi connectivity index (χ3n) is 4.13. The van der Waals surface area contributed by atoms with Crippen molar-refractivity contribution in [3.8, 4) is 0 Å². The molecule has 0 bridgehead atoms. The Balaban J connectivity index is 2.32. The summed E-state index contributed by atoms with van der Waals surface area (Å²) in [5.74, 6) is 0.750. The zero-order chi connectivity index (χ0) is 12.4. The number of halogens is 1. The fraction of sp³-hybridized carbons (Fsp3) is 0.600. The lowest BCUT2D eigenvalue weighted by Gasteiger charge is -2.25. The second-order valence-corrected chi connectivity index (χ2v) is 5.68. The Morgan fingerprint density at radius 2 is 1.76 bits per heavy atom. The molecule has 1 aliphatic rings. The van der Waals surface area contributed by atoms with Crippen LogP contribution >= 0.6 is 11.6 Å². The molecule has 17 heavy (non-hydrogen) atoms. The molecule has 1 aromatic rings. The van der Waals surface area contributed by atoms with Crippen molar-refractivity contribution in [2.75, 3.05) is 7.05 Å². The first kappa shape index (κ1) is 12.9. The zero-order valence-corrected chi connectivity index (χ0v) is 11.8. The molecule has 0 heterocycles. The number of nitrogens with one attached hydrogen (secondary N) is 1. The molecular weight excluding hydrogens is 230 g/mol. The van der Waals surface area contributed by atoms with E-state index in [0.717, 1.165) is 10.9 Å². The summed E-state index contributed by atoms with van der Waals surface area (Å²) >= 11 is 6.41. The lowest BCUT2D eigenvalue weighted by Crippen LogP contribution is -2.24. The van der Waals surface area contributed by atoms with Crippen LogP contribution in [0, 0.1) is 19.8 Å². The van der Waals surface area contributed by atoms with Crippen LogP contribution in [0.4, 0.5) is 0 Å². The first-order valence-corrected chi connectivity index (χ1v) is 6.95. The molecule has 1 N–H and O–H groups in total. The molecule has 1 nitrogen and oxygen atoms in total. The van der Waals surface area contributed by atoms with Gasteiger partial charge in [0.25, 0.3) is 0 Å². The molecule has 2 rings (SSSR count). The lowest BCUT2D eigenvalue weighted by molar-refractivity contribution is 0.390. The second-order valence-electron chi connectivity index (χ2n) is 5.27. The highest BCUT2D eigenvalue weighted by Gasteiger charge is 2.26. The van der Waals surface area contributed by atoms with Crippen LogP contribution in [-0.4, -0.2) is 7.05 Å². The summed E-state index contributed by atoms with van der Waals surface area (Å²) in [5.41, 5.74) is 3.90. The van der Waals surface area contributed by atoms with E-state index in [0.29, 0.717) is 6.04 Å². The van der Waals surface area contributed by atoms with Gasteiger partial charge in [0.2, 0.25) is 0 Å². The standard InChI is InChI=1S/C15H22ClN/c1-10-8-13(14(16)9-11(10)2)15(17-3)12-6-4-5-7-12/h8-9,12,15,17H,4-7H2,1-3H3. The van der Waals surface area contributed by atoms with Gasteiger partial charge in [-0.15, -0.1) is 0 Å². The average Bonchev–Trinajstić information content (AvgIpc) is 2.80. The molecular formula is C15H22ClN. The number of rotatable bonds is 3. The van der Waals surface area contributed by atoms with E-state index in [1.54, 1.807) is 0 Å². The van der Waals surface area contributed by atoms with E-state index in [9.17, 15) is 0 Å². The zero-order valence-electron chi connectivity index (χ0n) is 11.0. The second kappa shape index (κ2) is 5.41. The van der Waals surface area contributed by atoms with E-state index in [1.165, 1.54) is 42.4 Å². The van der Waals surface area contributed by atoms with Crippen LogP contribution in [0.1, 0.15) is 48.4 Å². The first-order chi connectivity index (χ1) is 8.13. The van der Waals surface area contributed by atoms with Gasteiger partial charge < -0.3 is 5.32 Å². The Morgan fingerprint density at radius 1 is 1.18 bits per heavy atom. The van der Waals surface area contributed by atoms with Gasteiger partial charge in [0.15, 0.2) is 0 Å². The quantitative estimate of drug-likeness (QED) is 0.839. The first-order valence-electron chi connectivity index (χ1n) is 6.57. The average molecular weight is 252 g/mol. The maximum atomic E-state index is 6.41. The smallest absolute Gasteiger partial charge is 0.0456 e. The highest BCUT2D eigenvalue weighted by atomic mass is 35.5. The number of hydrogen-bond acceptors (Lipinski definition) is 1. The molecule has 0 radical (unpaired) electrons. The van der Waals surface area contributed by atoms with Crippen molar-refractivity contribution in [2.45, 2.75) is 45.6 Å². The summed E-state index contributed by atoms with van der Waals surface area (Å²) in [4.78, 5) is 0. The molecule has 0 aliphatic heterocycles. The van der Waals surface area contributed by atoms with Crippen LogP contribution in [0.5, 0.6) is 0 Å². The van der Waals surface area contributed by atoms with Gasteiger partial charge in [0.1, 0.15) is 0 Å². The molecule has 0 amide bonds. The third-order valence-corrected chi connectivity index (χ3v) is 4.46. The summed E-state index contributed by atoms with van der Waals surface area (Å²) in [6.07, 6.45) is 5.39. The monoisotopic (exact) mass is 251 g/mol. The molecule has 2 heteroatoms. The summed E-state index contributed by atoms with van der Waals surface area (Å²) in [6, 6.07) is 4.78. The molecule has 0 aromatic heterocycles. The van der Waals surface area contributed by atoms with Crippen molar-refractivity contribution in [3.63, 3.8) is 0 Å². The largest absolute Gasteiger partial charge is 0.313 e. The summed E-state index contributed by atoms with van der Waals surface area (Å²) in [5, 5.41) is 4.38. The van der Waals surface area contributed by atoms with Crippen LogP contribution in [0.3, 0.4) is 0 Å². The molecule has 1 saturated carbocycles. The fourth-order valence-electron chi connectivity index (χ4n) is 2.98. The molecule has 1 atom stereocenters. The van der Waals surface area contributed by atoms with Gasteiger partial charge in [-0.3, -0.25) is 0 Å². The Morgan fingerprint density at radius 3 is 2.35 bits per heavy atom. The van der Waals surface area contributed by atoms with E-state index in [4.69, 9.17) is 11.6 Å². The number of aryl methyl sites for hydroxylation is 2. The maximum Gasteiger partial charge on any atom is 0.0456 e. The molecule has 0 spiro atoms. The fourth-order valence-corrected chi connectivity index (χ4v) is 3.31. The predicted molar refractivity (Wildman–Crippen MR) is 74.7 cm³/mol. The number of benzene rings is 1. The van der Waals surface area contributed by atoms with Crippen LogP contribution in [0.15, 0.2) is 12.1 Å². The normalized spacial score (nSPS) is 18.6. The molecule has 94 valence electrons. The van der Waals surface area contributed by atoms with Crippen LogP contribution < -0.4 is 5.32 Å². The van der Waals surface area contributed by atoms with Gasteiger partial charge in [-0.05, 0) is 62.4 Å². The van der Waals surface area contributed by atoms with E-state index < -0.39 is 0 Å². The Bertz CT molecular complexity index is 394. The summed E-state index contributed by atoms with van der Waals surface area (Å²) < 4.78 is 0. The third kappa shape index (κ3) is 2.66. The summed E-state index contributed by atoms with van der Waals surface area (Å²) in [7, 11) is 2.05. The molecule has 1 aromatic carbocycles.